The van der Waals surface area contributed by atoms with Crippen molar-refractivity contribution in [2.75, 3.05) is 5.75 Å². The van der Waals surface area contributed by atoms with Crippen LogP contribution in [-0.2, 0) is 4.79 Å². The zero-order valence-corrected chi connectivity index (χ0v) is 12.3. The predicted molar refractivity (Wildman–Crippen MR) is 82.8 cm³/mol. The van der Waals surface area contributed by atoms with Crippen molar-refractivity contribution in [1.82, 2.24) is 4.90 Å². The van der Waals surface area contributed by atoms with Crippen LogP contribution < -0.4 is 5.73 Å². The lowest BCUT2D eigenvalue weighted by atomic mass is 10.1. The number of unbranched alkanes of at least 4 members (excludes halogenated alkanes) is 1. The average Bonchev–Trinajstić information content (AvgIpc) is 2.35. The molecule has 0 radical (unpaired) electrons. The molecule has 0 saturated carbocycles. The van der Waals surface area contributed by atoms with Crippen molar-refractivity contribution in [3.05, 3.63) is 24.4 Å². The molecule has 2 unspecified atom stereocenters. The maximum absolute atomic E-state index is 11.9. The summed E-state index contributed by atoms with van der Waals surface area (Å²) in [7, 11) is 0. The van der Waals surface area contributed by atoms with E-state index in [0.717, 1.165) is 31.4 Å². The van der Waals surface area contributed by atoms with Crippen LogP contribution in [0.5, 0.6) is 0 Å². The molecular formula is C13H22N2OS2. The Labute approximate surface area is 120 Å². The first-order valence-electron chi connectivity index (χ1n) is 6.36. The number of carbonyl (C=O) groups excluding carboxylic acids is 1. The minimum atomic E-state index is -0.315. The van der Waals surface area contributed by atoms with E-state index in [2.05, 4.69) is 25.3 Å². The van der Waals surface area contributed by atoms with E-state index < -0.39 is 0 Å². The fourth-order valence-electron chi connectivity index (χ4n) is 1.84. The number of carbonyl (C=O) groups is 1. The molecule has 5 heteroatoms. The van der Waals surface area contributed by atoms with E-state index >= 15 is 0 Å². The van der Waals surface area contributed by atoms with Gasteiger partial charge in [-0.1, -0.05) is 12.5 Å². The topological polar surface area (TPSA) is 46.3 Å². The maximum Gasteiger partial charge on any atom is 0.228 e. The van der Waals surface area contributed by atoms with Gasteiger partial charge in [-0.25, -0.2) is 0 Å². The highest BCUT2D eigenvalue weighted by Gasteiger charge is 2.17. The zero-order chi connectivity index (χ0) is 13.4. The van der Waals surface area contributed by atoms with E-state index in [-0.39, 0.29) is 12.1 Å². The second-order valence-electron chi connectivity index (χ2n) is 4.43. The Bertz CT molecular complexity index is 318. The SMILES string of the molecule is NC1C=CC=CN1C(=O)CCCCC(S)CCS. The Morgan fingerprint density at radius 1 is 1.33 bits per heavy atom. The minimum absolute atomic E-state index is 0.0907. The molecule has 102 valence electrons. The van der Waals surface area contributed by atoms with Gasteiger partial charge in [0.1, 0.15) is 6.17 Å². The standard InChI is InChI=1S/C13H22N2OS2/c14-12-6-3-4-9-15(12)13(16)7-2-1-5-11(18)8-10-17/h3-4,6,9,11-12,17-18H,1-2,5,7-8,10,14H2. The molecule has 0 bridgehead atoms. The number of hydrogen-bond acceptors (Lipinski definition) is 4. The number of allylic oxidation sites excluding steroid dienone is 2. The quantitative estimate of drug-likeness (QED) is 0.497. The summed E-state index contributed by atoms with van der Waals surface area (Å²) in [5.41, 5.74) is 5.82. The number of amides is 1. The van der Waals surface area contributed by atoms with Crippen LogP contribution in [-0.4, -0.2) is 28.0 Å². The highest BCUT2D eigenvalue weighted by molar-refractivity contribution is 7.81. The van der Waals surface area contributed by atoms with Gasteiger partial charge in [-0.3, -0.25) is 9.69 Å². The first kappa shape index (κ1) is 15.7. The lowest BCUT2D eigenvalue weighted by molar-refractivity contribution is -0.129. The van der Waals surface area contributed by atoms with Gasteiger partial charge >= 0.3 is 0 Å². The van der Waals surface area contributed by atoms with Gasteiger partial charge in [0.25, 0.3) is 0 Å². The molecule has 18 heavy (non-hydrogen) atoms. The van der Waals surface area contributed by atoms with Crippen molar-refractivity contribution in [3.8, 4) is 0 Å². The van der Waals surface area contributed by atoms with Crippen LogP contribution in [0.1, 0.15) is 32.1 Å². The summed E-state index contributed by atoms with van der Waals surface area (Å²) in [5, 5.41) is 0.401. The van der Waals surface area contributed by atoms with E-state index in [1.165, 1.54) is 0 Å². The number of hydrogen-bond donors (Lipinski definition) is 3. The monoisotopic (exact) mass is 286 g/mol. The molecule has 0 aliphatic carbocycles. The molecule has 0 aromatic carbocycles. The van der Waals surface area contributed by atoms with Gasteiger partial charge in [0.15, 0.2) is 0 Å². The number of rotatable bonds is 7. The summed E-state index contributed by atoms with van der Waals surface area (Å²) in [6, 6.07) is 0. The van der Waals surface area contributed by atoms with E-state index in [1.54, 1.807) is 11.1 Å². The van der Waals surface area contributed by atoms with E-state index in [0.29, 0.717) is 11.7 Å². The fraction of sp³-hybridized carbons (Fsp3) is 0.615. The molecule has 0 spiro atoms. The van der Waals surface area contributed by atoms with Crippen molar-refractivity contribution < 1.29 is 4.79 Å². The Morgan fingerprint density at radius 2 is 2.11 bits per heavy atom. The van der Waals surface area contributed by atoms with E-state index in [4.69, 9.17) is 5.73 Å². The first-order chi connectivity index (χ1) is 8.65. The number of nitrogens with two attached hydrogens (primary N) is 1. The summed E-state index contributed by atoms with van der Waals surface area (Å²) in [6.07, 6.45) is 11.5. The molecule has 1 heterocycles. The van der Waals surface area contributed by atoms with Crippen LogP contribution in [0, 0.1) is 0 Å². The van der Waals surface area contributed by atoms with Crippen LogP contribution in [0.2, 0.25) is 0 Å². The number of thiol groups is 2. The van der Waals surface area contributed by atoms with Crippen molar-refractivity contribution in [3.63, 3.8) is 0 Å². The molecule has 0 saturated heterocycles. The van der Waals surface area contributed by atoms with E-state index in [9.17, 15) is 4.79 Å². The Kier molecular flexibility index (Phi) is 7.54. The van der Waals surface area contributed by atoms with Gasteiger partial charge in [0.2, 0.25) is 5.91 Å². The summed E-state index contributed by atoms with van der Waals surface area (Å²) < 4.78 is 0. The molecule has 1 aliphatic heterocycles. The largest absolute Gasteiger partial charge is 0.308 e. The molecule has 0 aromatic rings. The molecule has 0 aromatic heterocycles. The van der Waals surface area contributed by atoms with Gasteiger partial charge in [-0.15, -0.1) is 0 Å². The summed E-state index contributed by atoms with van der Waals surface area (Å²) in [6.45, 7) is 0. The summed E-state index contributed by atoms with van der Waals surface area (Å²) in [4.78, 5) is 13.5. The third-order valence-electron chi connectivity index (χ3n) is 2.92. The lowest BCUT2D eigenvalue weighted by Crippen LogP contribution is -2.41. The molecule has 1 aliphatic rings. The van der Waals surface area contributed by atoms with Gasteiger partial charge in [0.05, 0.1) is 0 Å². The van der Waals surface area contributed by atoms with Crippen molar-refractivity contribution in [2.24, 2.45) is 5.73 Å². The molecule has 2 N–H and O–H groups in total. The van der Waals surface area contributed by atoms with E-state index in [1.807, 2.05) is 18.2 Å². The predicted octanol–water partition coefficient (Wildman–Crippen LogP) is 2.36. The lowest BCUT2D eigenvalue weighted by Gasteiger charge is -2.25. The highest BCUT2D eigenvalue weighted by atomic mass is 32.1. The fourth-order valence-corrected chi connectivity index (χ4v) is 2.67. The van der Waals surface area contributed by atoms with Gasteiger partial charge in [-0.2, -0.15) is 25.3 Å². The smallest absolute Gasteiger partial charge is 0.228 e. The van der Waals surface area contributed by atoms with Crippen LogP contribution in [0.3, 0.4) is 0 Å². The molecule has 0 fully saturated rings. The molecule has 1 amide bonds. The second kappa shape index (κ2) is 8.67. The summed E-state index contributed by atoms with van der Waals surface area (Å²) >= 11 is 8.65. The number of nitrogens with zero attached hydrogens (tertiary/aromatic N) is 1. The van der Waals surface area contributed by atoms with Crippen LogP contribution in [0.25, 0.3) is 0 Å². The minimum Gasteiger partial charge on any atom is -0.308 e. The molecule has 1 rings (SSSR count). The molecular weight excluding hydrogens is 264 g/mol. The van der Waals surface area contributed by atoms with Crippen molar-refractivity contribution in [2.45, 2.75) is 43.5 Å². The Hall–Kier alpha value is -0.390. The zero-order valence-electron chi connectivity index (χ0n) is 10.5. The van der Waals surface area contributed by atoms with Gasteiger partial charge < -0.3 is 5.73 Å². The average molecular weight is 286 g/mol. The van der Waals surface area contributed by atoms with Gasteiger partial charge in [0, 0.05) is 17.9 Å². The molecule has 2 atom stereocenters. The van der Waals surface area contributed by atoms with Crippen LogP contribution >= 0.6 is 25.3 Å². The van der Waals surface area contributed by atoms with Crippen molar-refractivity contribution >= 4 is 31.2 Å². The van der Waals surface area contributed by atoms with Crippen LogP contribution in [0.15, 0.2) is 24.4 Å². The van der Waals surface area contributed by atoms with Crippen LogP contribution in [0.4, 0.5) is 0 Å². The third-order valence-corrected chi connectivity index (χ3v) is 3.69. The molecule has 3 nitrogen and oxygen atoms in total. The first-order valence-corrected chi connectivity index (χ1v) is 7.50. The second-order valence-corrected chi connectivity index (χ2v) is 5.61. The normalized spacial score (nSPS) is 20.2. The van der Waals surface area contributed by atoms with Gasteiger partial charge in [-0.05, 0) is 37.2 Å². The Balaban J connectivity index is 2.17. The maximum atomic E-state index is 11.9. The summed E-state index contributed by atoms with van der Waals surface area (Å²) in [5.74, 6) is 0.959. The highest BCUT2D eigenvalue weighted by Crippen LogP contribution is 2.14. The van der Waals surface area contributed by atoms with Crippen molar-refractivity contribution in [1.29, 1.82) is 0 Å². The Morgan fingerprint density at radius 3 is 2.78 bits per heavy atom. The third kappa shape index (κ3) is 5.50.